The Labute approximate surface area is 156 Å². The van der Waals surface area contributed by atoms with Crippen molar-refractivity contribution in [3.63, 3.8) is 0 Å². The molecule has 0 aliphatic carbocycles. The number of halogens is 3. The average molecular weight is 402 g/mol. The van der Waals surface area contributed by atoms with Crippen LogP contribution in [0.5, 0.6) is 0 Å². The number of hydrogen-bond donors (Lipinski definition) is 1. The molecule has 2 aromatic rings. The van der Waals surface area contributed by atoms with Crippen molar-refractivity contribution in [2.24, 2.45) is 0 Å². The van der Waals surface area contributed by atoms with Crippen LogP contribution in [-0.4, -0.2) is 28.2 Å². The summed E-state index contributed by atoms with van der Waals surface area (Å²) in [7, 11) is -3.87. The molecule has 1 saturated heterocycles. The van der Waals surface area contributed by atoms with Gasteiger partial charge in [0.05, 0.1) is 9.92 Å². The predicted octanol–water partition coefficient (Wildman–Crippen LogP) is 3.64. The Bertz CT molecular complexity index is 882. The topological polar surface area (TPSA) is 55.4 Å². The molecule has 0 radical (unpaired) electrons. The van der Waals surface area contributed by atoms with Crippen LogP contribution >= 0.6 is 11.6 Å². The molecule has 0 spiro atoms. The largest absolute Gasteiger partial charge is 0.381 e. The lowest BCUT2D eigenvalue weighted by Crippen LogP contribution is -2.44. The van der Waals surface area contributed by atoms with Gasteiger partial charge in [0.15, 0.2) is 0 Å². The lowest BCUT2D eigenvalue weighted by atomic mass is 9.74. The van der Waals surface area contributed by atoms with Crippen LogP contribution in [0.4, 0.5) is 8.78 Å². The third-order valence-electron chi connectivity index (χ3n) is 4.71. The van der Waals surface area contributed by atoms with Crippen LogP contribution in [-0.2, 0) is 20.2 Å². The molecule has 1 aliphatic rings. The molecule has 3 rings (SSSR count). The summed E-state index contributed by atoms with van der Waals surface area (Å²) in [6.07, 6.45) is 1.21. The number of rotatable bonds is 5. The van der Waals surface area contributed by atoms with Gasteiger partial charge in [-0.25, -0.2) is 21.9 Å². The second kappa shape index (κ2) is 7.60. The number of hydrogen-bond acceptors (Lipinski definition) is 3. The molecule has 0 aromatic heterocycles. The minimum atomic E-state index is -3.87. The summed E-state index contributed by atoms with van der Waals surface area (Å²) in [5, 5.41) is -0.257. The number of nitrogens with one attached hydrogen (secondary N) is 1. The van der Waals surface area contributed by atoms with Crippen LogP contribution < -0.4 is 4.72 Å². The Morgan fingerprint density at radius 3 is 2.35 bits per heavy atom. The fourth-order valence-corrected chi connectivity index (χ4v) is 4.49. The minimum absolute atomic E-state index is 0.106. The van der Waals surface area contributed by atoms with Crippen LogP contribution in [0.25, 0.3) is 0 Å². The van der Waals surface area contributed by atoms with Crippen molar-refractivity contribution in [3.8, 4) is 0 Å². The number of ether oxygens (including phenoxy) is 1. The normalized spacial score (nSPS) is 17.2. The van der Waals surface area contributed by atoms with Crippen LogP contribution in [0, 0.1) is 11.6 Å². The molecule has 0 saturated carbocycles. The van der Waals surface area contributed by atoms with Crippen molar-refractivity contribution in [2.45, 2.75) is 23.2 Å². The molecule has 140 valence electrons. The molecule has 26 heavy (non-hydrogen) atoms. The van der Waals surface area contributed by atoms with Crippen LogP contribution in [0.2, 0.25) is 5.02 Å². The Hall–Kier alpha value is -1.54. The lowest BCUT2D eigenvalue weighted by Gasteiger charge is -2.37. The van der Waals surface area contributed by atoms with Gasteiger partial charge in [-0.1, -0.05) is 23.7 Å². The maximum atomic E-state index is 13.3. The minimum Gasteiger partial charge on any atom is -0.381 e. The van der Waals surface area contributed by atoms with Gasteiger partial charge in [-0.3, -0.25) is 0 Å². The van der Waals surface area contributed by atoms with Gasteiger partial charge in [-0.05, 0) is 48.7 Å². The molecule has 1 aliphatic heterocycles. The van der Waals surface area contributed by atoms with E-state index < -0.39 is 21.3 Å². The van der Waals surface area contributed by atoms with Gasteiger partial charge >= 0.3 is 0 Å². The molecular formula is C18H18ClF2NO3S. The van der Waals surface area contributed by atoms with Crippen molar-refractivity contribution < 1.29 is 21.9 Å². The van der Waals surface area contributed by atoms with Gasteiger partial charge in [-0.15, -0.1) is 0 Å². The van der Waals surface area contributed by atoms with Gasteiger partial charge in [0.1, 0.15) is 11.6 Å². The van der Waals surface area contributed by atoms with E-state index in [0.29, 0.717) is 26.1 Å². The molecule has 1 fully saturated rings. The highest BCUT2D eigenvalue weighted by Gasteiger charge is 2.36. The van der Waals surface area contributed by atoms with E-state index in [9.17, 15) is 17.2 Å². The molecule has 8 heteroatoms. The molecule has 0 unspecified atom stereocenters. The zero-order chi connectivity index (χ0) is 18.8. The van der Waals surface area contributed by atoms with Gasteiger partial charge in [-0.2, -0.15) is 0 Å². The van der Waals surface area contributed by atoms with Crippen molar-refractivity contribution in [3.05, 3.63) is 64.7 Å². The van der Waals surface area contributed by atoms with Crippen molar-refractivity contribution >= 4 is 21.6 Å². The quantitative estimate of drug-likeness (QED) is 0.832. The summed E-state index contributed by atoms with van der Waals surface area (Å²) in [6.45, 7) is 1.10. The second-order valence-electron chi connectivity index (χ2n) is 6.30. The average Bonchev–Trinajstić information content (AvgIpc) is 2.64. The smallest absolute Gasteiger partial charge is 0.240 e. The highest BCUT2D eigenvalue weighted by molar-refractivity contribution is 7.89. The third kappa shape index (κ3) is 4.06. The first kappa shape index (κ1) is 19.2. The molecule has 1 N–H and O–H groups in total. The summed E-state index contributed by atoms with van der Waals surface area (Å²) >= 11 is 5.69. The highest BCUT2D eigenvalue weighted by atomic mass is 35.5. The first-order valence-corrected chi connectivity index (χ1v) is 9.97. The Morgan fingerprint density at radius 2 is 1.73 bits per heavy atom. The lowest BCUT2D eigenvalue weighted by molar-refractivity contribution is 0.0517. The maximum Gasteiger partial charge on any atom is 0.240 e. The van der Waals surface area contributed by atoms with E-state index in [2.05, 4.69) is 4.72 Å². The standard InChI is InChI=1S/C18H18ClF2NO3S/c19-16-11-15(5-6-17(16)21)26(23,24)22-12-18(7-9-25-10-8-18)13-1-3-14(20)4-2-13/h1-6,11,22H,7-10,12H2. The second-order valence-corrected chi connectivity index (χ2v) is 8.47. The summed E-state index contributed by atoms with van der Waals surface area (Å²) in [5.74, 6) is -1.03. The molecule has 2 aromatic carbocycles. The number of benzene rings is 2. The molecule has 0 bridgehead atoms. The van der Waals surface area contributed by atoms with E-state index in [0.717, 1.165) is 23.8 Å². The van der Waals surface area contributed by atoms with Crippen molar-refractivity contribution in [1.29, 1.82) is 0 Å². The maximum absolute atomic E-state index is 13.3. The van der Waals surface area contributed by atoms with E-state index in [4.69, 9.17) is 16.3 Å². The van der Waals surface area contributed by atoms with Crippen LogP contribution in [0.3, 0.4) is 0 Å². The van der Waals surface area contributed by atoms with Gasteiger partial charge in [0.2, 0.25) is 10.0 Å². The first-order chi connectivity index (χ1) is 12.3. The van der Waals surface area contributed by atoms with Crippen LogP contribution in [0.15, 0.2) is 47.4 Å². The Balaban J connectivity index is 1.85. The zero-order valence-corrected chi connectivity index (χ0v) is 15.4. The monoisotopic (exact) mass is 401 g/mol. The Kier molecular flexibility index (Phi) is 5.62. The summed E-state index contributed by atoms with van der Waals surface area (Å²) < 4.78 is 59.7. The fraction of sp³-hybridized carbons (Fsp3) is 0.333. The molecular weight excluding hydrogens is 384 g/mol. The Morgan fingerprint density at radius 1 is 1.08 bits per heavy atom. The summed E-state index contributed by atoms with van der Waals surface area (Å²) in [4.78, 5) is -0.106. The van der Waals surface area contributed by atoms with Gasteiger partial charge < -0.3 is 4.74 Å². The number of sulfonamides is 1. The van der Waals surface area contributed by atoms with Crippen LogP contribution in [0.1, 0.15) is 18.4 Å². The van der Waals surface area contributed by atoms with Gasteiger partial charge in [0, 0.05) is 25.2 Å². The first-order valence-electron chi connectivity index (χ1n) is 8.11. The molecule has 0 amide bonds. The van der Waals surface area contributed by atoms with E-state index in [1.165, 1.54) is 12.1 Å². The van der Waals surface area contributed by atoms with E-state index >= 15 is 0 Å². The van der Waals surface area contributed by atoms with E-state index in [1.54, 1.807) is 12.1 Å². The summed E-state index contributed by atoms with van der Waals surface area (Å²) in [6, 6.07) is 9.32. The van der Waals surface area contributed by atoms with E-state index in [-0.39, 0.29) is 22.3 Å². The van der Waals surface area contributed by atoms with E-state index in [1.807, 2.05) is 0 Å². The fourth-order valence-electron chi connectivity index (χ4n) is 3.09. The third-order valence-corrected chi connectivity index (χ3v) is 6.40. The highest BCUT2D eigenvalue weighted by Crippen LogP contribution is 2.35. The molecule has 0 atom stereocenters. The molecule has 4 nitrogen and oxygen atoms in total. The van der Waals surface area contributed by atoms with Gasteiger partial charge in [0.25, 0.3) is 0 Å². The summed E-state index contributed by atoms with van der Waals surface area (Å²) in [5.41, 5.74) is 0.352. The van der Waals surface area contributed by atoms with Crippen molar-refractivity contribution in [2.75, 3.05) is 19.8 Å². The molecule has 1 heterocycles. The predicted molar refractivity (Wildman–Crippen MR) is 94.7 cm³/mol. The van der Waals surface area contributed by atoms with Crippen molar-refractivity contribution in [1.82, 2.24) is 4.72 Å². The zero-order valence-electron chi connectivity index (χ0n) is 13.8. The SMILES string of the molecule is O=S(=O)(NCC1(c2ccc(F)cc2)CCOCC1)c1ccc(F)c(Cl)c1.